The van der Waals surface area contributed by atoms with Crippen LogP contribution in [0.25, 0.3) is 55.8 Å². The number of para-hydroxylation sites is 3. The molecule has 4 aliphatic rings. The smallest absolute Gasteiger partial charge is 0.141 e. The van der Waals surface area contributed by atoms with E-state index in [1.54, 1.807) is 0 Å². The van der Waals surface area contributed by atoms with Crippen molar-refractivity contribution in [2.75, 3.05) is 4.90 Å². The van der Waals surface area contributed by atoms with Gasteiger partial charge in [-0.3, -0.25) is 0 Å². The molecule has 0 bridgehead atoms. The number of hydrogen-bond donors (Lipinski definition) is 0. The van der Waals surface area contributed by atoms with E-state index in [1.807, 2.05) is 6.07 Å². The van der Waals surface area contributed by atoms with Crippen LogP contribution < -0.4 is 9.64 Å². The Morgan fingerprint density at radius 3 is 2.11 bits per heavy atom. The molecule has 0 fully saturated rings. The Morgan fingerprint density at radius 2 is 1.23 bits per heavy atom. The Morgan fingerprint density at radius 1 is 0.554 bits per heavy atom. The van der Waals surface area contributed by atoms with Gasteiger partial charge in [-0.15, -0.1) is 0 Å². The number of fused-ring (bicyclic) bond motifs is 17. The summed E-state index contributed by atoms with van der Waals surface area (Å²) in [5.41, 5.74) is 21.3. The first-order valence-corrected chi connectivity index (χ1v) is 22.8. The van der Waals surface area contributed by atoms with Crippen LogP contribution in [0.3, 0.4) is 0 Å². The lowest BCUT2D eigenvalue weighted by atomic mass is 9.64. The van der Waals surface area contributed by atoms with E-state index < -0.39 is 5.41 Å². The van der Waals surface area contributed by atoms with E-state index in [0.717, 1.165) is 58.2 Å². The summed E-state index contributed by atoms with van der Waals surface area (Å²) in [6, 6.07) is 74.2. The molecule has 1 atom stereocenters. The number of benzene rings is 8. The van der Waals surface area contributed by atoms with Crippen LogP contribution in [0.1, 0.15) is 64.8 Å². The molecule has 1 spiro atoms. The molecule has 14 rings (SSSR count). The zero-order valence-corrected chi connectivity index (χ0v) is 36.2. The molecule has 1 unspecified atom stereocenters. The van der Waals surface area contributed by atoms with Crippen LogP contribution >= 0.6 is 0 Å². The fourth-order valence-corrected chi connectivity index (χ4v) is 12.2. The maximum absolute atomic E-state index is 6.78. The highest BCUT2D eigenvalue weighted by Gasteiger charge is 2.53. The van der Waals surface area contributed by atoms with Gasteiger partial charge in [0.2, 0.25) is 0 Å². The molecular weight excluding hydrogens is 789 g/mol. The molecule has 0 radical (unpaired) electrons. The van der Waals surface area contributed by atoms with Gasteiger partial charge in [0, 0.05) is 44.5 Å². The van der Waals surface area contributed by atoms with Crippen molar-refractivity contribution in [1.82, 2.24) is 4.57 Å². The molecule has 0 saturated heterocycles. The first-order chi connectivity index (χ1) is 32.0. The lowest BCUT2D eigenvalue weighted by Crippen LogP contribution is -2.33. The molecule has 3 aliphatic carbocycles. The van der Waals surface area contributed by atoms with Crippen molar-refractivity contribution in [1.29, 1.82) is 0 Å². The molecule has 10 aromatic rings. The molecule has 0 N–H and O–H groups in total. The van der Waals surface area contributed by atoms with E-state index >= 15 is 0 Å². The van der Waals surface area contributed by atoms with Crippen LogP contribution in [0, 0.1) is 12.1 Å². The summed E-state index contributed by atoms with van der Waals surface area (Å²) >= 11 is 0. The molecule has 3 nitrogen and oxygen atoms in total. The maximum Gasteiger partial charge on any atom is 0.141 e. The summed E-state index contributed by atoms with van der Waals surface area (Å²) < 4.78 is 9.17. The van der Waals surface area contributed by atoms with Gasteiger partial charge in [0.25, 0.3) is 0 Å². The van der Waals surface area contributed by atoms with Gasteiger partial charge in [0.1, 0.15) is 11.5 Å². The summed E-state index contributed by atoms with van der Waals surface area (Å²) in [6.45, 7) is 4.74. The van der Waals surface area contributed by atoms with Gasteiger partial charge in [-0.25, -0.2) is 0 Å². The highest BCUT2D eigenvalue weighted by Crippen LogP contribution is 2.64. The van der Waals surface area contributed by atoms with Gasteiger partial charge in [-0.05, 0) is 147 Å². The minimum absolute atomic E-state index is 0.167. The second kappa shape index (κ2) is 13.2. The van der Waals surface area contributed by atoms with E-state index in [4.69, 9.17) is 4.74 Å². The highest BCUT2D eigenvalue weighted by molar-refractivity contribution is 6.11. The maximum atomic E-state index is 6.78. The van der Waals surface area contributed by atoms with Gasteiger partial charge >= 0.3 is 0 Å². The fraction of sp³-hybridized carbons (Fsp3) is 0.0968. The molecule has 2 heterocycles. The predicted octanol–water partition coefficient (Wildman–Crippen LogP) is 15.6. The summed E-state index contributed by atoms with van der Waals surface area (Å²) in [4.78, 5) is 2.50. The van der Waals surface area contributed by atoms with Crippen molar-refractivity contribution >= 4 is 44.9 Å². The van der Waals surface area contributed by atoms with Crippen LogP contribution in [0.4, 0.5) is 17.1 Å². The van der Waals surface area contributed by atoms with Gasteiger partial charge in [0.05, 0.1) is 22.0 Å². The van der Waals surface area contributed by atoms with Crippen molar-refractivity contribution in [2.45, 2.75) is 37.5 Å². The minimum atomic E-state index is -0.681. The Hall–Kier alpha value is -8.06. The number of allylic oxidation sites excluding steroid dienone is 1. The Bertz CT molecular complexity index is 3640. The minimum Gasteiger partial charge on any atom is -0.456 e. The second-order valence-electron chi connectivity index (χ2n) is 18.5. The predicted molar refractivity (Wildman–Crippen MR) is 265 cm³/mol. The third-order valence-corrected chi connectivity index (χ3v) is 14.9. The van der Waals surface area contributed by atoms with E-state index in [1.165, 1.54) is 77.4 Å². The number of anilines is 3. The van der Waals surface area contributed by atoms with Crippen molar-refractivity contribution in [2.24, 2.45) is 0 Å². The second-order valence-corrected chi connectivity index (χ2v) is 18.5. The number of hydrogen-bond acceptors (Lipinski definition) is 2. The van der Waals surface area contributed by atoms with Gasteiger partial charge in [-0.2, -0.15) is 0 Å². The van der Waals surface area contributed by atoms with E-state index in [9.17, 15) is 0 Å². The lowest BCUT2D eigenvalue weighted by Gasteiger charge is -2.40. The first-order valence-electron chi connectivity index (χ1n) is 22.8. The molecule has 1 aromatic heterocycles. The molecule has 0 saturated carbocycles. The quantitative estimate of drug-likeness (QED) is 0.176. The number of aromatic nitrogens is 1. The molecule has 0 amide bonds. The monoisotopic (exact) mass is 830 g/mol. The summed E-state index contributed by atoms with van der Waals surface area (Å²) in [6.07, 6.45) is 6.61. The zero-order chi connectivity index (χ0) is 43.0. The largest absolute Gasteiger partial charge is 0.456 e. The average Bonchev–Trinajstić information content (AvgIpc) is 3.93. The first kappa shape index (κ1) is 36.4. The summed E-state index contributed by atoms with van der Waals surface area (Å²) in [5, 5.41) is 2.44. The van der Waals surface area contributed by atoms with Gasteiger partial charge < -0.3 is 14.2 Å². The van der Waals surface area contributed by atoms with E-state index in [0.29, 0.717) is 0 Å². The Labute approximate surface area is 379 Å². The third-order valence-electron chi connectivity index (χ3n) is 14.9. The highest BCUT2D eigenvalue weighted by atomic mass is 16.5. The average molecular weight is 831 g/mol. The third kappa shape index (κ3) is 4.86. The van der Waals surface area contributed by atoms with Crippen molar-refractivity contribution in [3.05, 3.63) is 245 Å². The summed E-state index contributed by atoms with van der Waals surface area (Å²) in [7, 11) is 0. The van der Waals surface area contributed by atoms with Crippen LogP contribution in [0.15, 0.2) is 188 Å². The molecule has 3 heteroatoms. The molecule has 9 aromatic carbocycles. The number of nitrogens with zero attached hydrogens (tertiary/aromatic N) is 2. The standard InChI is InChI=1S/C62H42N2O/c1-61(2)51-22-10-8-20-45(51)46-33-29-42(37-54(46)61)63(41-31-35-57-50(36-41)48-21-9-13-25-56(48)64(57)40-17-4-3-5-18-40)43-30-34-47-49-32-28-39-16-6-7-19-44(39)60(49)62(55(47)38-43)52-23-11-14-26-58(52)65-59-27-15-12-24-53(59)62/h3-6,8-11,13-18,20-23,25-38H,7,19H2,1-2H3. The van der Waals surface area contributed by atoms with Gasteiger partial charge in [-0.1, -0.05) is 141 Å². The van der Waals surface area contributed by atoms with Crippen molar-refractivity contribution in [3.63, 3.8) is 0 Å². The Kier molecular flexibility index (Phi) is 7.42. The van der Waals surface area contributed by atoms with Crippen LogP contribution in [0.5, 0.6) is 11.5 Å². The Balaban J connectivity index is 1.06. The summed E-state index contributed by atoms with van der Waals surface area (Å²) in [5.74, 6) is 1.71. The molecular formula is C62H42N2O. The molecule has 306 valence electrons. The normalized spacial score (nSPS) is 15.0. The molecule has 1 aliphatic heterocycles. The zero-order valence-electron chi connectivity index (χ0n) is 36.2. The number of rotatable bonds is 4. The van der Waals surface area contributed by atoms with Crippen LogP contribution in [-0.2, 0) is 17.3 Å². The van der Waals surface area contributed by atoms with Crippen molar-refractivity contribution in [3.8, 4) is 39.4 Å². The lowest BCUT2D eigenvalue weighted by molar-refractivity contribution is 0.436. The SMILES string of the molecule is CC1(C)c2ccccc2-c2ccc(N(c3ccc4c(c3)C3(c5c#cccc5Oc5ccccc53)c3c-4ccc4c3CCC=C4)c3ccc4c(c3)c3ccccc3n4-c3ccccc3)cc21. The van der Waals surface area contributed by atoms with E-state index in [2.05, 4.69) is 224 Å². The fourth-order valence-electron chi connectivity index (χ4n) is 12.2. The van der Waals surface area contributed by atoms with Crippen LogP contribution in [-0.4, -0.2) is 4.57 Å². The number of ether oxygens (including phenoxy) is 1. The van der Waals surface area contributed by atoms with Crippen LogP contribution in [0.2, 0.25) is 0 Å². The van der Waals surface area contributed by atoms with E-state index in [-0.39, 0.29) is 5.41 Å². The molecule has 65 heavy (non-hydrogen) atoms. The van der Waals surface area contributed by atoms with Gasteiger partial charge in [0.15, 0.2) is 0 Å². The topological polar surface area (TPSA) is 17.4 Å². The van der Waals surface area contributed by atoms with Crippen molar-refractivity contribution < 1.29 is 4.74 Å².